The van der Waals surface area contributed by atoms with Crippen molar-refractivity contribution in [2.45, 2.75) is 0 Å². The minimum absolute atomic E-state index is 0.0620. The smallest absolute Gasteiger partial charge is 0.260 e. The van der Waals surface area contributed by atoms with Crippen molar-refractivity contribution >= 4 is 34.5 Å². The topological polar surface area (TPSA) is 78.3 Å². The Bertz CT molecular complexity index is 657. The normalized spacial score (nSPS) is 10.5. The van der Waals surface area contributed by atoms with Gasteiger partial charge in [-0.25, -0.2) is 4.39 Å². The van der Waals surface area contributed by atoms with Gasteiger partial charge in [-0.05, 0) is 18.2 Å². The van der Waals surface area contributed by atoms with Gasteiger partial charge < -0.3 is 16.2 Å². The molecule has 0 radical (unpaired) electrons. The molecule has 0 saturated heterocycles. The molecule has 0 fully saturated rings. The predicted octanol–water partition coefficient (Wildman–Crippen LogP) is 2.90. The molecule has 0 aliphatic carbocycles. The van der Waals surface area contributed by atoms with Gasteiger partial charge in [-0.2, -0.15) is 0 Å². The van der Waals surface area contributed by atoms with E-state index in [1.807, 2.05) is 0 Å². The van der Waals surface area contributed by atoms with Crippen LogP contribution in [0.1, 0.15) is 9.67 Å². The first-order valence-corrected chi connectivity index (χ1v) is 6.36. The molecule has 1 aromatic heterocycles. The van der Waals surface area contributed by atoms with E-state index in [0.29, 0.717) is 10.4 Å². The standard InChI is InChI=1S/C12H10ClFN2O2S/c1-18-9-2-5(6(13)3-7(9)14)10-4-8(15)11(19-10)12(16)17/h2-4H,15H2,1H3,(H2,16,17). The summed E-state index contributed by atoms with van der Waals surface area (Å²) in [6.45, 7) is 0. The van der Waals surface area contributed by atoms with Crippen LogP contribution in [-0.2, 0) is 0 Å². The fourth-order valence-corrected chi connectivity index (χ4v) is 2.87. The highest BCUT2D eigenvalue weighted by molar-refractivity contribution is 7.18. The molecular weight excluding hydrogens is 291 g/mol. The number of benzene rings is 1. The average molecular weight is 301 g/mol. The summed E-state index contributed by atoms with van der Waals surface area (Å²) in [4.78, 5) is 12.0. The number of hydrogen-bond acceptors (Lipinski definition) is 4. The van der Waals surface area contributed by atoms with E-state index in [9.17, 15) is 9.18 Å². The molecule has 1 aromatic carbocycles. The van der Waals surface area contributed by atoms with Gasteiger partial charge in [0, 0.05) is 10.4 Å². The number of thiophene rings is 1. The predicted molar refractivity (Wildman–Crippen MR) is 74.2 cm³/mol. The van der Waals surface area contributed by atoms with Crippen LogP contribution in [0.5, 0.6) is 5.75 Å². The summed E-state index contributed by atoms with van der Waals surface area (Å²) >= 11 is 7.09. The summed E-state index contributed by atoms with van der Waals surface area (Å²) in [5.74, 6) is -1.11. The zero-order valence-corrected chi connectivity index (χ0v) is 11.4. The van der Waals surface area contributed by atoms with Crippen molar-refractivity contribution in [1.82, 2.24) is 0 Å². The lowest BCUT2D eigenvalue weighted by atomic mass is 10.1. The van der Waals surface area contributed by atoms with Crippen LogP contribution < -0.4 is 16.2 Å². The van der Waals surface area contributed by atoms with E-state index < -0.39 is 11.7 Å². The third-order valence-corrected chi connectivity index (χ3v) is 4.00. The largest absolute Gasteiger partial charge is 0.494 e. The maximum Gasteiger partial charge on any atom is 0.260 e. The fraction of sp³-hybridized carbons (Fsp3) is 0.0833. The summed E-state index contributed by atoms with van der Waals surface area (Å²) in [5.41, 5.74) is 11.7. The number of anilines is 1. The number of primary amides is 1. The first kappa shape index (κ1) is 13.6. The van der Waals surface area contributed by atoms with Crippen LogP contribution in [0.2, 0.25) is 5.02 Å². The van der Waals surface area contributed by atoms with Crippen LogP contribution in [0.15, 0.2) is 18.2 Å². The van der Waals surface area contributed by atoms with Gasteiger partial charge in [-0.3, -0.25) is 4.79 Å². The van der Waals surface area contributed by atoms with E-state index in [0.717, 1.165) is 17.4 Å². The zero-order chi connectivity index (χ0) is 14.2. The molecule has 0 unspecified atom stereocenters. The Kier molecular flexibility index (Phi) is 3.64. The number of hydrogen-bond donors (Lipinski definition) is 2. The maximum atomic E-state index is 13.5. The number of nitrogen functional groups attached to an aromatic ring is 1. The lowest BCUT2D eigenvalue weighted by molar-refractivity contribution is 0.100. The molecule has 0 atom stereocenters. The van der Waals surface area contributed by atoms with Crippen molar-refractivity contribution in [1.29, 1.82) is 0 Å². The molecule has 1 amide bonds. The molecule has 0 bridgehead atoms. The molecule has 7 heteroatoms. The fourth-order valence-electron chi connectivity index (χ4n) is 1.60. The molecule has 2 aromatic rings. The first-order chi connectivity index (χ1) is 8.93. The van der Waals surface area contributed by atoms with E-state index in [2.05, 4.69) is 0 Å². The number of carbonyl (C=O) groups excluding carboxylic acids is 1. The van der Waals surface area contributed by atoms with Crippen LogP contribution in [0.25, 0.3) is 10.4 Å². The van der Waals surface area contributed by atoms with Crippen molar-refractivity contribution in [3.63, 3.8) is 0 Å². The second-order valence-electron chi connectivity index (χ2n) is 3.73. The Morgan fingerprint density at radius 2 is 2.11 bits per heavy atom. The van der Waals surface area contributed by atoms with Gasteiger partial charge in [-0.15, -0.1) is 11.3 Å². The quantitative estimate of drug-likeness (QED) is 0.915. The molecule has 0 aliphatic heterocycles. The van der Waals surface area contributed by atoms with Gasteiger partial charge in [0.05, 0.1) is 17.8 Å². The van der Waals surface area contributed by atoms with E-state index in [1.54, 1.807) is 6.07 Å². The molecule has 4 nitrogen and oxygen atoms in total. The van der Waals surface area contributed by atoms with Gasteiger partial charge in [0.1, 0.15) is 4.88 Å². The highest BCUT2D eigenvalue weighted by Crippen LogP contribution is 2.39. The molecular formula is C12H10ClFN2O2S. The Morgan fingerprint density at radius 3 is 2.63 bits per heavy atom. The lowest BCUT2D eigenvalue weighted by Gasteiger charge is -2.06. The van der Waals surface area contributed by atoms with E-state index >= 15 is 0 Å². The van der Waals surface area contributed by atoms with Gasteiger partial charge in [-0.1, -0.05) is 11.6 Å². The van der Waals surface area contributed by atoms with Crippen molar-refractivity contribution in [3.8, 4) is 16.2 Å². The summed E-state index contributed by atoms with van der Waals surface area (Å²) in [5, 5.41) is 0.204. The Hall–Kier alpha value is -1.79. The highest BCUT2D eigenvalue weighted by atomic mass is 35.5. The third-order valence-electron chi connectivity index (χ3n) is 2.49. The number of nitrogens with two attached hydrogens (primary N) is 2. The highest BCUT2D eigenvalue weighted by Gasteiger charge is 2.16. The van der Waals surface area contributed by atoms with Gasteiger partial charge in [0.2, 0.25) is 0 Å². The summed E-state index contributed by atoms with van der Waals surface area (Å²) in [7, 11) is 1.35. The number of amides is 1. The van der Waals surface area contributed by atoms with Crippen LogP contribution >= 0.6 is 22.9 Å². The Morgan fingerprint density at radius 1 is 1.42 bits per heavy atom. The van der Waals surface area contributed by atoms with Gasteiger partial charge >= 0.3 is 0 Å². The van der Waals surface area contributed by atoms with Crippen LogP contribution in [0.4, 0.5) is 10.1 Å². The number of methoxy groups -OCH3 is 1. The molecule has 2 rings (SSSR count). The maximum absolute atomic E-state index is 13.5. The molecule has 0 spiro atoms. The van der Waals surface area contributed by atoms with E-state index in [4.69, 9.17) is 27.8 Å². The second-order valence-corrected chi connectivity index (χ2v) is 5.19. The first-order valence-electron chi connectivity index (χ1n) is 5.16. The van der Waals surface area contributed by atoms with Crippen LogP contribution in [0.3, 0.4) is 0 Å². The molecule has 4 N–H and O–H groups in total. The summed E-state index contributed by atoms with van der Waals surface area (Å²) < 4.78 is 18.3. The molecule has 1 heterocycles. The minimum atomic E-state index is -0.612. The summed E-state index contributed by atoms with van der Waals surface area (Å²) in [6, 6.07) is 4.17. The van der Waals surface area contributed by atoms with E-state index in [1.165, 1.54) is 13.2 Å². The second kappa shape index (κ2) is 5.07. The third kappa shape index (κ3) is 2.50. The number of ether oxygens (including phenoxy) is 1. The van der Waals surface area contributed by atoms with Crippen molar-refractivity contribution in [2.75, 3.05) is 12.8 Å². The number of rotatable bonds is 3. The summed E-state index contributed by atoms with van der Waals surface area (Å²) in [6.07, 6.45) is 0. The number of halogens is 2. The average Bonchev–Trinajstić information content (AvgIpc) is 2.71. The van der Waals surface area contributed by atoms with Crippen molar-refractivity contribution in [2.24, 2.45) is 5.73 Å². The minimum Gasteiger partial charge on any atom is -0.494 e. The van der Waals surface area contributed by atoms with Crippen molar-refractivity contribution in [3.05, 3.63) is 33.9 Å². The van der Waals surface area contributed by atoms with Gasteiger partial charge in [0.15, 0.2) is 11.6 Å². The van der Waals surface area contributed by atoms with Gasteiger partial charge in [0.25, 0.3) is 5.91 Å². The Balaban J connectivity index is 2.58. The molecule has 0 saturated carbocycles. The van der Waals surface area contributed by atoms with Crippen LogP contribution in [-0.4, -0.2) is 13.0 Å². The lowest BCUT2D eigenvalue weighted by Crippen LogP contribution is -2.10. The Labute approximate surface area is 117 Å². The number of carbonyl (C=O) groups is 1. The van der Waals surface area contributed by atoms with Crippen molar-refractivity contribution < 1.29 is 13.9 Å². The van der Waals surface area contributed by atoms with Crippen LogP contribution in [0, 0.1) is 5.82 Å². The molecule has 100 valence electrons. The SMILES string of the molecule is COc1cc(-c2cc(N)c(C(N)=O)s2)c(Cl)cc1F. The monoisotopic (exact) mass is 300 g/mol. The molecule has 19 heavy (non-hydrogen) atoms. The zero-order valence-electron chi connectivity index (χ0n) is 9.87. The molecule has 0 aliphatic rings. The van der Waals surface area contributed by atoms with E-state index in [-0.39, 0.29) is 21.3 Å².